The van der Waals surface area contributed by atoms with E-state index in [9.17, 15) is 4.79 Å². The molecule has 0 unspecified atom stereocenters. The van der Waals surface area contributed by atoms with Gasteiger partial charge in [0.2, 0.25) is 5.91 Å². The normalized spacial score (nSPS) is 10.7. The summed E-state index contributed by atoms with van der Waals surface area (Å²) in [4.78, 5) is 26.7. The number of nitrogens with one attached hydrogen (secondary N) is 1. The Morgan fingerprint density at radius 1 is 1.17 bits per heavy atom. The van der Waals surface area contributed by atoms with Gasteiger partial charge in [-0.3, -0.25) is 4.79 Å². The van der Waals surface area contributed by atoms with E-state index in [2.05, 4.69) is 19.9 Å². The Hall–Kier alpha value is -2.76. The summed E-state index contributed by atoms with van der Waals surface area (Å²) < 4.78 is 0. The van der Waals surface area contributed by atoms with Crippen molar-refractivity contribution in [2.45, 2.75) is 0 Å². The first-order valence-corrected chi connectivity index (χ1v) is 5.30. The Labute approximate surface area is 102 Å². The summed E-state index contributed by atoms with van der Waals surface area (Å²) in [6.07, 6.45) is 2.96. The molecule has 2 aromatic heterocycles. The SMILES string of the molecule is NC(=O)c1ccccc1-c1ncnc2[nH]cnc12. The Morgan fingerprint density at radius 2 is 2.00 bits per heavy atom. The van der Waals surface area contributed by atoms with Crippen molar-refractivity contribution in [2.24, 2.45) is 5.73 Å². The van der Waals surface area contributed by atoms with Crippen molar-refractivity contribution in [3.8, 4) is 11.3 Å². The monoisotopic (exact) mass is 239 g/mol. The van der Waals surface area contributed by atoms with E-state index in [0.717, 1.165) is 0 Å². The number of nitrogens with zero attached hydrogens (tertiary/aromatic N) is 3. The van der Waals surface area contributed by atoms with Crippen LogP contribution < -0.4 is 5.73 Å². The quantitative estimate of drug-likeness (QED) is 0.700. The van der Waals surface area contributed by atoms with Crippen LogP contribution >= 0.6 is 0 Å². The van der Waals surface area contributed by atoms with Gasteiger partial charge in [-0.2, -0.15) is 0 Å². The average Bonchev–Trinajstić information content (AvgIpc) is 2.86. The molecule has 0 saturated heterocycles. The second-order valence-corrected chi connectivity index (χ2v) is 3.73. The van der Waals surface area contributed by atoms with E-state index in [1.807, 2.05) is 6.07 Å². The lowest BCUT2D eigenvalue weighted by Gasteiger charge is -2.05. The van der Waals surface area contributed by atoms with Crippen molar-refractivity contribution < 1.29 is 4.79 Å². The average molecular weight is 239 g/mol. The van der Waals surface area contributed by atoms with Gasteiger partial charge in [0.1, 0.15) is 17.5 Å². The number of aromatic nitrogens is 4. The van der Waals surface area contributed by atoms with Crippen LogP contribution in [0.1, 0.15) is 10.4 Å². The fraction of sp³-hybridized carbons (Fsp3) is 0. The van der Waals surface area contributed by atoms with Gasteiger partial charge < -0.3 is 10.7 Å². The van der Waals surface area contributed by atoms with Gasteiger partial charge in [-0.15, -0.1) is 0 Å². The molecule has 0 bridgehead atoms. The highest BCUT2D eigenvalue weighted by Crippen LogP contribution is 2.25. The van der Waals surface area contributed by atoms with Crippen LogP contribution in [0.25, 0.3) is 22.4 Å². The minimum Gasteiger partial charge on any atom is -0.366 e. The van der Waals surface area contributed by atoms with E-state index in [4.69, 9.17) is 5.73 Å². The molecule has 3 N–H and O–H groups in total. The van der Waals surface area contributed by atoms with E-state index in [1.54, 1.807) is 18.2 Å². The third-order valence-corrected chi connectivity index (χ3v) is 2.66. The van der Waals surface area contributed by atoms with Crippen LogP contribution in [0.3, 0.4) is 0 Å². The number of primary amides is 1. The van der Waals surface area contributed by atoms with Gasteiger partial charge in [0, 0.05) is 11.1 Å². The van der Waals surface area contributed by atoms with Crippen molar-refractivity contribution >= 4 is 17.1 Å². The van der Waals surface area contributed by atoms with Crippen molar-refractivity contribution in [1.82, 2.24) is 19.9 Å². The third-order valence-electron chi connectivity index (χ3n) is 2.66. The van der Waals surface area contributed by atoms with Gasteiger partial charge in [0.05, 0.1) is 6.33 Å². The molecule has 0 aliphatic heterocycles. The molecule has 0 atom stereocenters. The number of aromatic amines is 1. The van der Waals surface area contributed by atoms with Gasteiger partial charge in [-0.25, -0.2) is 15.0 Å². The van der Waals surface area contributed by atoms with Gasteiger partial charge >= 0.3 is 0 Å². The van der Waals surface area contributed by atoms with Crippen molar-refractivity contribution in [1.29, 1.82) is 0 Å². The molecular weight excluding hydrogens is 230 g/mol. The lowest BCUT2D eigenvalue weighted by Crippen LogP contribution is -2.12. The summed E-state index contributed by atoms with van der Waals surface area (Å²) in [5, 5.41) is 0. The first-order chi connectivity index (χ1) is 8.77. The van der Waals surface area contributed by atoms with E-state index < -0.39 is 5.91 Å². The van der Waals surface area contributed by atoms with Crippen LogP contribution in [-0.4, -0.2) is 25.8 Å². The Bertz CT molecular complexity index is 734. The lowest BCUT2D eigenvalue weighted by atomic mass is 10.0. The maximum atomic E-state index is 11.4. The molecule has 88 valence electrons. The van der Waals surface area contributed by atoms with Gasteiger partial charge in [0.25, 0.3) is 0 Å². The van der Waals surface area contributed by atoms with E-state index >= 15 is 0 Å². The van der Waals surface area contributed by atoms with Crippen LogP contribution in [0.4, 0.5) is 0 Å². The van der Waals surface area contributed by atoms with Gasteiger partial charge in [-0.05, 0) is 6.07 Å². The minimum absolute atomic E-state index is 0.417. The molecule has 3 aromatic rings. The van der Waals surface area contributed by atoms with Crippen LogP contribution in [0.5, 0.6) is 0 Å². The first kappa shape index (κ1) is 10.4. The molecular formula is C12H9N5O. The molecule has 1 amide bonds. The smallest absolute Gasteiger partial charge is 0.249 e. The summed E-state index contributed by atoms with van der Waals surface area (Å²) >= 11 is 0. The highest BCUT2D eigenvalue weighted by atomic mass is 16.1. The molecule has 6 nitrogen and oxygen atoms in total. The third kappa shape index (κ3) is 1.51. The zero-order chi connectivity index (χ0) is 12.5. The first-order valence-electron chi connectivity index (χ1n) is 5.30. The number of benzene rings is 1. The Balaban J connectivity index is 2.33. The minimum atomic E-state index is -0.493. The molecule has 0 aliphatic carbocycles. The molecule has 0 aliphatic rings. The second-order valence-electron chi connectivity index (χ2n) is 3.73. The number of carbonyl (C=O) groups excluding carboxylic acids is 1. The maximum absolute atomic E-state index is 11.4. The number of fused-ring (bicyclic) bond motifs is 1. The zero-order valence-corrected chi connectivity index (χ0v) is 9.29. The number of amides is 1. The molecule has 6 heteroatoms. The zero-order valence-electron chi connectivity index (χ0n) is 9.29. The molecule has 0 radical (unpaired) electrons. The predicted octanol–water partition coefficient (Wildman–Crippen LogP) is 1.12. The van der Waals surface area contributed by atoms with Crippen molar-refractivity contribution in [3.05, 3.63) is 42.5 Å². The topological polar surface area (TPSA) is 97.5 Å². The molecule has 3 rings (SSSR count). The molecule has 2 heterocycles. The number of hydrogen-bond donors (Lipinski definition) is 2. The van der Waals surface area contributed by atoms with Crippen LogP contribution in [0.15, 0.2) is 36.9 Å². The van der Waals surface area contributed by atoms with Crippen molar-refractivity contribution in [3.63, 3.8) is 0 Å². The molecule has 0 saturated carbocycles. The summed E-state index contributed by atoms with van der Waals surface area (Å²) in [5.74, 6) is -0.493. The Kier molecular flexibility index (Phi) is 2.26. The molecule has 0 fully saturated rings. The summed E-state index contributed by atoms with van der Waals surface area (Å²) in [6.45, 7) is 0. The Morgan fingerprint density at radius 3 is 2.83 bits per heavy atom. The fourth-order valence-electron chi connectivity index (χ4n) is 1.87. The molecule has 0 spiro atoms. The second kappa shape index (κ2) is 3.92. The number of rotatable bonds is 2. The fourth-order valence-corrected chi connectivity index (χ4v) is 1.87. The van der Waals surface area contributed by atoms with Crippen LogP contribution in [0.2, 0.25) is 0 Å². The van der Waals surface area contributed by atoms with E-state index in [-0.39, 0.29) is 0 Å². The van der Waals surface area contributed by atoms with Gasteiger partial charge in [-0.1, -0.05) is 18.2 Å². The lowest BCUT2D eigenvalue weighted by molar-refractivity contribution is 0.100. The van der Waals surface area contributed by atoms with Gasteiger partial charge in [0.15, 0.2) is 5.65 Å². The number of carbonyl (C=O) groups is 1. The summed E-state index contributed by atoms with van der Waals surface area (Å²) in [5.41, 5.74) is 8.27. The largest absolute Gasteiger partial charge is 0.366 e. The summed E-state index contributed by atoms with van der Waals surface area (Å²) in [7, 11) is 0. The highest BCUT2D eigenvalue weighted by Gasteiger charge is 2.14. The number of imidazole rings is 1. The molecule has 1 aromatic carbocycles. The van der Waals surface area contributed by atoms with Crippen LogP contribution in [0, 0.1) is 0 Å². The number of nitrogens with two attached hydrogens (primary N) is 1. The van der Waals surface area contributed by atoms with E-state index in [1.165, 1.54) is 12.7 Å². The standard InChI is InChI=1S/C12H9N5O/c13-11(18)8-4-2-1-3-7(8)9-10-12(16-5-14-9)17-6-15-10/h1-6H,(H2,13,18)(H,14,15,16,17). The summed E-state index contributed by atoms with van der Waals surface area (Å²) in [6, 6.07) is 7.03. The maximum Gasteiger partial charge on any atom is 0.249 e. The van der Waals surface area contributed by atoms with Crippen molar-refractivity contribution in [2.75, 3.05) is 0 Å². The number of H-pyrrole nitrogens is 1. The van der Waals surface area contributed by atoms with E-state index in [0.29, 0.717) is 28.0 Å². The number of hydrogen-bond acceptors (Lipinski definition) is 4. The molecule has 18 heavy (non-hydrogen) atoms. The predicted molar refractivity (Wildman–Crippen MR) is 65.6 cm³/mol. The highest BCUT2D eigenvalue weighted by molar-refractivity contribution is 6.02. The van der Waals surface area contributed by atoms with Crippen LogP contribution in [-0.2, 0) is 0 Å².